The standard InChI is InChI=1S/C28H31F3N4O3/c1-4-34-22-16-35(21(14-17(2)3)25(36)32-15-18-10-6-5-7-11-18)26(37)23(22)24(33-27(34)38)19-12-8-9-13-20(19)28(29,30)31/h5-13,17,21,24H,4,14-16H2,1-3H3,(H,32,36)(H,33,38)/t21-,24+/m0/s1. The summed E-state index contributed by atoms with van der Waals surface area (Å²) in [6, 6.07) is 11.5. The third-order valence-corrected chi connectivity index (χ3v) is 6.83. The quantitative estimate of drug-likeness (QED) is 0.525. The molecule has 38 heavy (non-hydrogen) atoms. The average Bonchev–Trinajstić information content (AvgIpc) is 3.22. The summed E-state index contributed by atoms with van der Waals surface area (Å²) < 4.78 is 41.6. The molecule has 10 heteroatoms. The van der Waals surface area contributed by atoms with Gasteiger partial charge in [0.2, 0.25) is 5.91 Å². The zero-order valence-corrected chi connectivity index (χ0v) is 21.5. The Morgan fingerprint density at radius 3 is 2.37 bits per heavy atom. The van der Waals surface area contributed by atoms with Crippen LogP contribution in [0.3, 0.4) is 0 Å². The molecule has 4 rings (SSSR count). The Hall–Kier alpha value is -3.82. The lowest BCUT2D eigenvalue weighted by Gasteiger charge is -2.33. The van der Waals surface area contributed by atoms with E-state index in [0.717, 1.165) is 11.6 Å². The van der Waals surface area contributed by atoms with Crippen LogP contribution in [0.25, 0.3) is 0 Å². The molecule has 2 heterocycles. The Morgan fingerprint density at radius 1 is 1.08 bits per heavy atom. The molecule has 0 aromatic heterocycles. The topological polar surface area (TPSA) is 81.8 Å². The molecular weight excluding hydrogens is 497 g/mol. The minimum absolute atomic E-state index is 0.0454. The summed E-state index contributed by atoms with van der Waals surface area (Å²) in [6.45, 7) is 6.02. The SMILES string of the molecule is CCN1C(=O)N[C@H](c2ccccc2C(F)(F)F)C2=C1CN([C@@H](CC(C)C)C(=O)NCc1ccccc1)C2=O. The molecule has 4 amide bonds. The molecule has 2 atom stereocenters. The Kier molecular flexibility index (Phi) is 7.80. The molecule has 2 N–H and O–H groups in total. The third kappa shape index (κ3) is 5.39. The number of benzene rings is 2. The number of amides is 4. The van der Waals surface area contributed by atoms with Crippen LogP contribution in [0.4, 0.5) is 18.0 Å². The molecule has 0 fully saturated rings. The molecule has 0 spiro atoms. The first-order chi connectivity index (χ1) is 18.0. The Balaban J connectivity index is 1.69. The van der Waals surface area contributed by atoms with Crippen LogP contribution >= 0.6 is 0 Å². The minimum atomic E-state index is -4.68. The van der Waals surface area contributed by atoms with E-state index < -0.39 is 35.8 Å². The number of urea groups is 1. The lowest BCUT2D eigenvalue weighted by atomic mass is 9.91. The van der Waals surface area contributed by atoms with Crippen LogP contribution in [-0.2, 0) is 22.3 Å². The van der Waals surface area contributed by atoms with Gasteiger partial charge in [0.15, 0.2) is 0 Å². The van der Waals surface area contributed by atoms with Gasteiger partial charge in [-0.2, -0.15) is 13.2 Å². The molecule has 7 nitrogen and oxygen atoms in total. The van der Waals surface area contributed by atoms with Gasteiger partial charge in [0, 0.05) is 13.1 Å². The van der Waals surface area contributed by atoms with Crippen molar-refractivity contribution in [2.45, 2.75) is 52.0 Å². The molecule has 2 aliphatic heterocycles. The number of likely N-dealkylation sites (N-methyl/N-ethyl adjacent to an activating group) is 1. The van der Waals surface area contributed by atoms with E-state index in [-0.39, 0.29) is 42.6 Å². The van der Waals surface area contributed by atoms with Gasteiger partial charge in [-0.25, -0.2) is 4.79 Å². The van der Waals surface area contributed by atoms with Crippen LogP contribution in [-0.4, -0.2) is 46.8 Å². The molecule has 2 aromatic rings. The van der Waals surface area contributed by atoms with Crippen LogP contribution in [0, 0.1) is 5.92 Å². The highest BCUT2D eigenvalue weighted by atomic mass is 19.4. The molecule has 2 aliphatic rings. The van der Waals surface area contributed by atoms with Gasteiger partial charge in [0.1, 0.15) is 6.04 Å². The van der Waals surface area contributed by atoms with Crippen molar-refractivity contribution in [2.75, 3.05) is 13.1 Å². The number of alkyl halides is 3. The predicted octanol–water partition coefficient (Wildman–Crippen LogP) is 4.62. The van der Waals surface area contributed by atoms with Gasteiger partial charge in [-0.05, 0) is 36.5 Å². The van der Waals surface area contributed by atoms with Crippen LogP contribution < -0.4 is 10.6 Å². The molecule has 0 bridgehead atoms. The van der Waals surface area contributed by atoms with Gasteiger partial charge in [0.05, 0.1) is 29.4 Å². The molecule has 0 radical (unpaired) electrons. The van der Waals surface area contributed by atoms with Crippen molar-refractivity contribution in [1.82, 2.24) is 20.4 Å². The van der Waals surface area contributed by atoms with Crippen molar-refractivity contribution in [3.63, 3.8) is 0 Å². The summed E-state index contributed by atoms with van der Waals surface area (Å²) in [7, 11) is 0. The highest BCUT2D eigenvalue weighted by Crippen LogP contribution is 2.42. The lowest BCUT2D eigenvalue weighted by Crippen LogP contribution is -2.49. The second kappa shape index (κ2) is 10.9. The van der Waals surface area contributed by atoms with Crippen molar-refractivity contribution in [3.8, 4) is 0 Å². The van der Waals surface area contributed by atoms with E-state index in [1.807, 2.05) is 44.2 Å². The first-order valence-electron chi connectivity index (χ1n) is 12.6. The van der Waals surface area contributed by atoms with Crippen LogP contribution in [0.2, 0.25) is 0 Å². The van der Waals surface area contributed by atoms with Crippen molar-refractivity contribution in [1.29, 1.82) is 0 Å². The van der Waals surface area contributed by atoms with Crippen molar-refractivity contribution < 1.29 is 27.6 Å². The monoisotopic (exact) mass is 528 g/mol. The normalized spacial score (nSPS) is 18.6. The fraction of sp³-hybridized carbons (Fsp3) is 0.393. The zero-order chi connectivity index (χ0) is 27.6. The maximum atomic E-state index is 13.9. The van der Waals surface area contributed by atoms with E-state index in [2.05, 4.69) is 10.6 Å². The van der Waals surface area contributed by atoms with Gasteiger partial charge in [-0.1, -0.05) is 62.4 Å². The van der Waals surface area contributed by atoms with Gasteiger partial charge < -0.3 is 15.5 Å². The maximum absolute atomic E-state index is 13.9. The maximum Gasteiger partial charge on any atom is 0.416 e. The smallest absolute Gasteiger partial charge is 0.350 e. The molecule has 0 saturated carbocycles. The fourth-order valence-electron chi connectivity index (χ4n) is 5.06. The summed E-state index contributed by atoms with van der Waals surface area (Å²) in [5.41, 5.74) is 0.152. The van der Waals surface area contributed by atoms with Gasteiger partial charge in [0.25, 0.3) is 5.91 Å². The highest BCUT2D eigenvalue weighted by Gasteiger charge is 2.48. The number of hydrogen-bond acceptors (Lipinski definition) is 3. The molecule has 202 valence electrons. The van der Waals surface area contributed by atoms with Crippen LogP contribution in [0.1, 0.15) is 49.9 Å². The van der Waals surface area contributed by atoms with E-state index >= 15 is 0 Å². The summed E-state index contributed by atoms with van der Waals surface area (Å²) in [5, 5.41) is 5.50. The Morgan fingerprint density at radius 2 is 1.74 bits per heavy atom. The van der Waals surface area contributed by atoms with Gasteiger partial charge in [-0.15, -0.1) is 0 Å². The second-order valence-corrected chi connectivity index (χ2v) is 9.85. The average molecular weight is 529 g/mol. The molecular formula is C28H31F3N4O3. The van der Waals surface area contributed by atoms with Gasteiger partial charge >= 0.3 is 12.2 Å². The highest BCUT2D eigenvalue weighted by molar-refractivity contribution is 6.03. The zero-order valence-electron chi connectivity index (χ0n) is 21.5. The van der Waals surface area contributed by atoms with Gasteiger partial charge in [-0.3, -0.25) is 14.5 Å². The van der Waals surface area contributed by atoms with Crippen molar-refractivity contribution >= 4 is 17.8 Å². The molecule has 2 aromatic carbocycles. The van der Waals surface area contributed by atoms with E-state index in [1.54, 1.807) is 6.92 Å². The number of carbonyl (C=O) groups excluding carboxylic acids is 3. The number of halogens is 3. The largest absolute Gasteiger partial charge is 0.416 e. The number of rotatable bonds is 8. The molecule has 0 aliphatic carbocycles. The Labute approximate surface area is 219 Å². The number of hydrogen-bond donors (Lipinski definition) is 2. The first kappa shape index (κ1) is 27.2. The molecule has 0 saturated heterocycles. The minimum Gasteiger partial charge on any atom is -0.350 e. The number of nitrogens with one attached hydrogen (secondary N) is 2. The van der Waals surface area contributed by atoms with E-state index in [9.17, 15) is 27.6 Å². The van der Waals surface area contributed by atoms with Crippen LogP contribution in [0.5, 0.6) is 0 Å². The van der Waals surface area contributed by atoms with Crippen molar-refractivity contribution in [3.05, 3.63) is 82.6 Å². The summed E-state index contributed by atoms with van der Waals surface area (Å²) in [6.07, 6.45) is -4.33. The molecule has 0 unspecified atom stereocenters. The summed E-state index contributed by atoms with van der Waals surface area (Å²) in [5.74, 6) is -0.858. The summed E-state index contributed by atoms with van der Waals surface area (Å²) in [4.78, 5) is 43.0. The second-order valence-electron chi connectivity index (χ2n) is 9.85. The Bertz CT molecular complexity index is 1240. The number of carbonyl (C=O) groups is 3. The third-order valence-electron chi connectivity index (χ3n) is 6.83. The van der Waals surface area contributed by atoms with Crippen LogP contribution in [0.15, 0.2) is 65.9 Å². The fourth-order valence-corrected chi connectivity index (χ4v) is 5.06. The first-order valence-corrected chi connectivity index (χ1v) is 12.6. The van der Waals surface area contributed by atoms with E-state index in [0.29, 0.717) is 12.1 Å². The predicted molar refractivity (Wildman–Crippen MR) is 135 cm³/mol. The van der Waals surface area contributed by atoms with Crippen molar-refractivity contribution in [2.24, 2.45) is 5.92 Å². The number of nitrogens with zero attached hydrogens (tertiary/aromatic N) is 2. The summed E-state index contributed by atoms with van der Waals surface area (Å²) >= 11 is 0. The van der Waals surface area contributed by atoms with E-state index in [4.69, 9.17) is 0 Å². The van der Waals surface area contributed by atoms with E-state index in [1.165, 1.54) is 28.0 Å². The lowest BCUT2D eigenvalue weighted by molar-refractivity contribution is -0.139.